The zero-order chi connectivity index (χ0) is 15.6. The van der Waals surface area contributed by atoms with Crippen LogP contribution in [0.3, 0.4) is 0 Å². The molecule has 1 amide bonds. The summed E-state index contributed by atoms with van der Waals surface area (Å²) in [6.45, 7) is 2.96. The number of anilines is 1. The van der Waals surface area contributed by atoms with Crippen LogP contribution in [-0.4, -0.2) is 25.4 Å². The van der Waals surface area contributed by atoms with E-state index in [9.17, 15) is 13.2 Å². The van der Waals surface area contributed by atoms with Crippen LogP contribution in [0.25, 0.3) is 0 Å². The monoisotopic (exact) mass is 300 g/mol. The summed E-state index contributed by atoms with van der Waals surface area (Å²) in [5, 5.41) is 18.9. The van der Waals surface area contributed by atoms with Crippen molar-refractivity contribution in [2.45, 2.75) is 18.7 Å². The van der Waals surface area contributed by atoms with Crippen LogP contribution in [0.15, 0.2) is 34.3 Å². The molecule has 1 rings (SSSR count). The largest absolute Gasteiger partial charge is 0.409 e. The molecular formula is C11H16N4O4S. The molecule has 0 aliphatic rings. The molecule has 0 heterocycles. The van der Waals surface area contributed by atoms with Gasteiger partial charge in [-0.3, -0.25) is 4.79 Å². The molecule has 0 aromatic heterocycles. The van der Waals surface area contributed by atoms with Gasteiger partial charge in [-0.05, 0) is 38.1 Å². The van der Waals surface area contributed by atoms with Gasteiger partial charge < -0.3 is 16.3 Å². The average molecular weight is 300 g/mol. The van der Waals surface area contributed by atoms with Crippen LogP contribution in [0.2, 0.25) is 0 Å². The van der Waals surface area contributed by atoms with Crippen LogP contribution in [0, 0.1) is 5.41 Å². The molecule has 0 aliphatic heterocycles. The maximum Gasteiger partial charge on any atom is 0.238 e. The molecule has 0 atom stereocenters. The summed E-state index contributed by atoms with van der Waals surface area (Å²) in [6, 6.07) is 5.31. The molecule has 0 aliphatic carbocycles. The van der Waals surface area contributed by atoms with E-state index in [1.54, 1.807) is 0 Å². The zero-order valence-corrected chi connectivity index (χ0v) is 11.8. The van der Waals surface area contributed by atoms with Gasteiger partial charge >= 0.3 is 0 Å². The number of nitrogens with one attached hydrogen (secondary N) is 1. The van der Waals surface area contributed by atoms with Gasteiger partial charge in [0.05, 0.1) is 4.90 Å². The Labute approximate surface area is 116 Å². The molecule has 1 aromatic rings. The highest BCUT2D eigenvalue weighted by atomic mass is 32.2. The molecule has 1 aromatic carbocycles. The first-order chi connectivity index (χ1) is 9.09. The van der Waals surface area contributed by atoms with E-state index in [0.29, 0.717) is 5.69 Å². The number of hydrogen-bond acceptors (Lipinski definition) is 5. The number of oxime groups is 1. The third-order valence-corrected chi connectivity index (χ3v) is 3.69. The highest BCUT2D eigenvalue weighted by Gasteiger charge is 2.32. The molecule has 0 saturated carbocycles. The fourth-order valence-electron chi connectivity index (χ4n) is 1.26. The second kappa shape index (κ2) is 5.47. The van der Waals surface area contributed by atoms with E-state index < -0.39 is 21.3 Å². The predicted octanol–water partition coefficient (Wildman–Crippen LogP) is 0.0451. The Bertz CT molecular complexity index is 635. The molecular weight excluding hydrogens is 284 g/mol. The van der Waals surface area contributed by atoms with Crippen LogP contribution in [0.5, 0.6) is 0 Å². The van der Waals surface area contributed by atoms with Gasteiger partial charge in [0.2, 0.25) is 15.9 Å². The number of amidine groups is 1. The maximum absolute atomic E-state index is 12.0. The average Bonchev–Trinajstić information content (AvgIpc) is 2.37. The van der Waals surface area contributed by atoms with Crippen molar-refractivity contribution in [1.29, 1.82) is 0 Å². The number of amides is 1. The van der Waals surface area contributed by atoms with Crippen molar-refractivity contribution < 1.29 is 18.4 Å². The summed E-state index contributed by atoms with van der Waals surface area (Å²) in [7, 11) is -3.78. The first-order valence-electron chi connectivity index (χ1n) is 5.51. The topological polar surface area (TPSA) is 148 Å². The molecule has 0 saturated heterocycles. The van der Waals surface area contributed by atoms with E-state index in [1.807, 2.05) is 0 Å². The van der Waals surface area contributed by atoms with Crippen LogP contribution in [0.4, 0.5) is 5.69 Å². The number of carbonyl (C=O) groups is 1. The standard InChI is InChI=1S/C11H16N4O4S/c1-11(2,9(12)15-17)10(16)14-7-3-5-8(6-4-7)20(13,18)19/h3-6,17H,1-2H3,(H2,12,15)(H,14,16)(H2,13,18,19). The molecule has 20 heavy (non-hydrogen) atoms. The maximum atomic E-state index is 12.0. The molecule has 110 valence electrons. The Morgan fingerprint density at radius 2 is 1.80 bits per heavy atom. The Morgan fingerprint density at radius 1 is 1.30 bits per heavy atom. The number of primary sulfonamides is 1. The van der Waals surface area contributed by atoms with Crippen molar-refractivity contribution in [2.24, 2.45) is 21.4 Å². The number of benzene rings is 1. The Balaban J connectivity index is 2.93. The normalized spacial score (nSPS) is 13.1. The quantitative estimate of drug-likeness (QED) is 0.268. The van der Waals surface area contributed by atoms with Crippen molar-refractivity contribution in [3.63, 3.8) is 0 Å². The van der Waals surface area contributed by atoms with Crippen molar-refractivity contribution in [1.82, 2.24) is 0 Å². The lowest BCUT2D eigenvalue weighted by Gasteiger charge is -2.21. The van der Waals surface area contributed by atoms with Crippen molar-refractivity contribution >= 4 is 27.5 Å². The minimum Gasteiger partial charge on any atom is -0.409 e. The van der Waals surface area contributed by atoms with E-state index >= 15 is 0 Å². The second-order valence-corrected chi connectivity index (χ2v) is 6.20. The minimum absolute atomic E-state index is 0.0637. The summed E-state index contributed by atoms with van der Waals surface area (Å²) in [5.74, 6) is -0.743. The van der Waals surface area contributed by atoms with E-state index in [0.717, 1.165) is 0 Å². The lowest BCUT2D eigenvalue weighted by atomic mass is 9.91. The summed E-state index contributed by atoms with van der Waals surface area (Å²) in [5.41, 5.74) is 4.58. The van der Waals surface area contributed by atoms with E-state index in [1.165, 1.54) is 38.1 Å². The Kier molecular flexibility index (Phi) is 4.36. The molecule has 0 unspecified atom stereocenters. The van der Waals surface area contributed by atoms with Crippen molar-refractivity contribution in [2.75, 3.05) is 5.32 Å². The Hall–Kier alpha value is -2.13. The number of nitrogens with zero attached hydrogens (tertiary/aromatic N) is 1. The van der Waals surface area contributed by atoms with E-state index in [-0.39, 0.29) is 10.7 Å². The molecule has 0 radical (unpaired) electrons. The predicted molar refractivity (Wildman–Crippen MR) is 73.6 cm³/mol. The number of rotatable bonds is 4. The fraction of sp³-hybridized carbons (Fsp3) is 0.273. The van der Waals surface area contributed by atoms with Crippen LogP contribution in [-0.2, 0) is 14.8 Å². The summed E-state index contributed by atoms with van der Waals surface area (Å²) >= 11 is 0. The van der Waals surface area contributed by atoms with E-state index in [4.69, 9.17) is 16.1 Å². The van der Waals surface area contributed by atoms with Gasteiger partial charge in [0.15, 0.2) is 5.84 Å². The zero-order valence-electron chi connectivity index (χ0n) is 11.0. The van der Waals surface area contributed by atoms with Gasteiger partial charge in [-0.1, -0.05) is 5.16 Å². The van der Waals surface area contributed by atoms with Gasteiger partial charge in [-0.2, -0.15) is 0 Å². The van der Waals surface area contributed by atoms with Crippen molar-refractivity contribution in [3.05, 3.63) is 24.3 Å². The number of hydrogen-bond donors (Lipinski definition) is 4. The molecule has 9 heteroatoms. The highest BCUT2D eigenvalue weighted by Crippen LogP contribution is 2.20. The van der Waals surface area contributed by atoms with Gasteiger partial charge in [0.25, 0.3) is 0 Å². The third-order valence-electron chi connectivity index (χ3n) is 2.76. The SMILES string of the molecule is CC(C)(C(=O)Nc1ccc(S(N)(=O)=O)cc1)C(N)=NO. The summed E-state index contributed by atoms with van der Waals surface area (Å²) < 4.78 is 22.2. The van der Waals surface area contributed by atoms with Crippen LogP contribution >= 0.6 is 0 Å². The third kappa shape index (κ3) is 3.45. The van der Waals surface area contributed by atoms with Gasteiger partial charge in [-0.15, -0.1) is 0 Å². The van der Waals surface area contributed by atoms with Gasteiger partial charge in [0.1, 0.15) is 5.41 Å². The number of sulfonamides is 1. The number of nitrogens with two attached hydrogens (primary N) is 2. The van der Waals surface area contributed by atoms with Crippen molar-refractivity contribution in [3.8, 4) is 0 Å². The minimum atomic E-state index is -3.78. The first-order valence-corrected chi connectivity index (χ1v) is 7.06. The smallest absolute Gasteiger partial charge is 0.238 e. The van der Waals surface area contributed by atoms with Gasteiger partial charge in [-0.25, -0.2) is 13.6 Å². The lowest BCUT2D eigenvalue weighted by molar-refractivity contribution is -0.121. The van der Waals surface area contributed by atoms with Gasteiger partial charge in [0, 0.05) is 5.69 Å². The highest BCUT2D eigenvalue weighted by molar-refractivity contribution is 7.89. The number of carbonyl (C=O) groups excluding carboxylic acids is 1. The Morgan fingerprint density at radius 3 is 2.20 bits per heavy atom. The molecule has 6 N–H and O–H groups in total. The van der Waals surface area contributed by atoms with E-state index in [2.05, 4.69) is 10.5 Å². The first kappa shape index (κ1) is 15.9. The summed E-state index contributed by atoms with van der Waals surface area (Å²) in [6.07, 6.45) is 0. The molecule has 8 nitrogen and oxygen atoms in total. The molecule has 0 bridgehead atoms. The molecule has 0 spiro atoms. The van der Waals surface area contributed by atoms with Crippen LogP contribution < -0.4 is 16.2 Å². The second-order valence-electron chi connectivity index (χ2n) is 4.63. The summed E-state index contributed by atoms with van der Waals surface area (Å²) in [4.78, 5) is 11.9. The molecule has 0 fully saturated rings. The lowest BCUT2D eigenvalue weighted by Crippen LogP contribution is -2.42. The fourth-order valence-corrected chi connectivity index (χ4v) is 1.77. The van der Waals surface area contributed by atoms with Crippen LogP contribution in [0.1, 0.15) is 13.8 Å².